The third-order valence-electron chi connectivity index (χ3n) is 3.05. The molecule has 3 rings (SSSR count). The third-order valence-corrected chi connectivity index (χ3v) is 3.29. The number of benzene rings is 1. The smallest absolute Gasteiger partial charge is 0.231 e. The Kier molecular flexibility index (Phi) is 3.52. The van der Waals surface area contributed by atoms with Crippen LogP contribution in [0.15, 0.2) is 59.2 Å². The number of allylic oxidation sites excluding steroid dienone is 5. The zero-order chi connectivity index (χ0) is 13.9. The lowest BCUT2D eigenvalue weighted by Gasteiger charge is -2.03. The van der Waals surface area contributed by atoms with Crippen molar-refractivity contribution in [2.45, 2.75) is 12.8 Å². The molecule has 0 N–H and O–H groups in total. The fraction of sp³-hybridized carbons (Fsp3) is 0.125. The lowest BCUT2D eigenvalue weighted by atomic mass is 10.0. The normalized spacial score (nSPS) is 14.4. The predicted molar refractivity (Wildman–Crippen MR) is 79.4 cm³/mol. The van der Waals surface area contributed by atoms with Gasteiger partial charge in [-0.3, -0.25) is 0 Å². The number of rotatable bonds is 3. The monoisotopic (exact) mass is 284 g/mol. The van der Waals surface area contributed by atoms with Crippen molar-refractivity contribution in [2.75, 3.05) is 0 Å². The van der Waals surface area contributed by atoms with Crippen LogP contribution >= 0.6 is 11.6 Å². The molecule has 0 saturated carbocycles. The first kappa shape index (κ1) is 12.9. The largest absolute Gasteiger partial charge is 0.339 e. The van der Waals surface area contributed by atoms with Crippen LogP contribution in [0.2, 0.25) is 5.02 Å². The molecule has 1 aromatic carbocycles. The molecule has 0 amide bonds. The van der Waals surface area contributed by atoms with Crippen LogP contribution in [0.5, 0.6) is 0 Å². The van der Waals surface area contributed by atoms with E-state index in [4.69, 9.17) is 16.1 Å². The van der Waals surface area contributed by atoms with Gasteiger partial charge in [-0.05, 0) is 24.1 Å². The predicted octanol–water partition coefficient (Wildman–Crippen LogP) is 4.21. The number of hydrogen-bond acceptors (Lipinski definition) is 3. The Morgan fingerprint density at radius 1 is 1.30 bits per heavy atom. The molecule has 1 aliphatic rings. The molecule has 100 valence electrons. The summed E-state index contributed by atoms with van der Waals surface area (Å²) in [5.74, 6) is 1.20. The van der Waals surface area contributed by atoms with Crippen LogP contribution < -0.4 is 0 Å². The number of aromatic nitrogens is 2. The maximum Gasteiger partial charge on any atom is 0.231 e. The van der Waals surface area contributed by atoms with Crippen LogP contribution in [0.25, 0.3) is 5.57 Å². The van der Waals surface area contributed by atoms with Crippen molar-refractivity contribution in [3.05, 3.63) is 76.9 Å². The molecule has 3 nitrogen and oxygen atoms in total. The lowest BCUT2D eigenvalue weighted by molar-refractivity contribution is 0.383. The number of halogens is 1. The maximum absolute atomic E-state index is 5.96. The summed E-state index contributed by atoms with van der Waals surface area (Å²) in [6.07, 6.45) is 7.39. The minimum Gasteiger partial charge on any atom is -0.339 e. The maximum atomic E-state index is 5.96. The standard InChI is InChI=1S/C16H13ClN2O/c1-11-5-7-13(8-6-11)16-18-15(20-19-16)10-12-3-2-4-14(17)9-12/h2-5,7-9H,1,6,10H2. The van der Waals surface area contributed by atoms with E-state index >= 15 is 0 Å². The topological polar surface area (TPSA) is 38.9 Å². The van der Waals surface area contributed by atoms with Gasteiger partial charge in [0.2, 0.25) is 11.7 Å². The summed E-state index contributed by atoms with van der Waals surface area (Å²) in [5, 5.41) is 4.72. The number of hydrogen-bond donors (Lipinski definition) is 0. The Hall–Kier alpha value is -2.13. The highest BCUT2D eigenvalue weighted by molar-refractivity contribution is 6.30. The molecule has 4 heteroatoms. The first-order valence-corrected chi connectivity index (χ1v) is 6.72. The highest BCUT2D eigenvalue weighted by atomic mass is 35.5. The van der Waals surface area contributed by atoms with Gasteiger partial charge in [0.05, 0.1) is 6.42 Å². The van der Waals surface area contributed by atoms with Crippen LogP contribution in [-0.2, 0) is 6.42 Å². The molecule has 0 spiro atoms. The summed E-state index contributed by atoms with van der Waals surface area (Å²) >= 11 is 5.96. The minimum absolute atomic E-state index is 0.581. The zero-order valence-corrected chi connectivity index (χ0v) is 11.6. The fourth-order valence-electron chi connectivity index (χ4n) is 2.02. The van der Waals surface area contributed by atoms with Crippen LogP contribution in [0, 0.1) is 0 Å². The van der Waals surface area contributed by atoms with Gasteiger partial charge in [-0.2, -0.15) is 4.98 Å². The Balaban J connectivity index is 1.77. The summed E-state index contributed by atoms with van der Waals surface area (Å²) in [6.45, 7) is 3.90. The molecule has 0 radical (unpaired) electrons. The van der Waals surface area contributed by atoms with E-state index in [2.05, 4.69) is 22.8 Å². The van der Waals surface area contributed by atoms with E-state index in [1.54, 1.807) is 0 Å². The SMILES string of the molecule is C=C1C=CC(c2noc(Cc3cccc(Cl)c3)n2)=CC1. The number of nitrogens with zero attached hydrogens (tertiary/aromatic N) is 2. The third kappa shape index (κ3) is 2.89. The molecule has 0 saturated heterocycles. The molecule has 1 heterocycles. The fourth-order valence-corrected chi connectivity index (χ4v) is 2.23. The minimum atomic E-state index is 0.581. The molecular formula is C16H13ClN2O. The van der Waals surface area contributed by atoms with E-state index in [-0.39, 0.29) is 0 Å². The van der Waals surface area contributed by atoms with Crippen molar-refractivity contribution >= 4 is 17.2 Å². The Bertz CT molecular complexity index is 713. The van der Waals surface area contributed by atoms with E-state index < -0.39 is 0 Å². The van der Waals surface area contributed by atoms with Crippen LogP contribution in [-0.4, -0.2) is 10.1 Å². The van der Waals surface area contributed by atoms with Gasteiger partial charge in [0.15, 0.2) is 0 Å². The van der Waals surface area contributed by atoms with Crippen molar-refractivity contribution in [3.8, 4) is 0 Å². The van der Waals surface area contributed by atoms with Crippen molar-refractivity contribution < 1.29 is 4.52 Å². The average molecular weight is 285 g/mol. The molecule has 1 aliphatic carbocycles. The second-order valence-electron chi connectivity index (χ2n) is 4.67. The molecule has 0 fully saturated rings. The molecule has 0 unspecified atom stereocenters. The van der Waals surface area contributed by atoms with E-state index in [0.29, 0.717) is 23.2 Å². The molecule has 0 aliphatic heterocycles. The van der Waals surface area contributed by atoms with Crippen molar-refractivity contribution in [3.63, 3.8) is 0 Å². The van der Waals surface area contributed by atoms with Gasteiger partial charge in [0.25, 0.3) is 0 Å². The first-order valence-electron chi connectivity index (χ1n) is 6.34. The van der Waals surface area contributed by atoms with E-state index in [1.165, 1.54) is 0 Å². The summed E-state index contributed by atoms with van der Waals surface area (Å²) in [6, 6.07) is 7.64. The molecule has 1 aromatic heterocycles. The zero-order valence-electron chi connectivity index (χ0n) is 10.8. The molecule has 20 heavy (non-hydrogen) atoms. The second kappa shape index (κ2) is 5.47. The summed E-state index contributed by atoms with van der Waals surface area (Å²) in [4.78, 5) is 4.41. The van der Waals surface area contributed by atoms with E-state index in [0.717, 1.165) is 23.1 Å². The van der Waals surface area contributed by atoms with Gasteiger partial charge in [-0.15, -0.1) is 0 Å². The van der Waals surface area contributed by atoms with Gasteiger partial charge in [0.1, 0.15) is 0 Å². The first-order chi connectivity index (χ1) is 9.70. The highest BCUT2D eigenvalue weighted by Gasteiger charge is 2.11. The second-order valence-corrected chi connectivity index (χ2v) is 5.11. The van der Waals surface area contributed by atoms with Crippen LogP contribution in [0.4, 0.5) is 0 Å². The molecule has 0 atom stereocenters. The Morgan fingerprint density at radius 2 is 2.20 bits per heavy atom. The Labute approximate surface area is 122 Å². The average Bonchev–Trinajstić information content (AvgIpc) is 2.88. The van der Waals surface area contributed by atoms with Gasteiger partial charge < -0.3 is 4.52 Å². The molecule has 0 bridgehead atoms. The summed E-state index contributed by atoms with van der Waals surface area (Å²) in [7, 11) is 0. The quantitative estimate of drug-likeness (QED) is 0.847. The summed E-state index contributed by atoms with van der Waals surface area (Å²) in [5.41, 5.74) is 3.10. The van der Waals surface area contributed by atoms with Crippen molar-refractivity contribution in [2.24, 2.45) is 0 Å². The van der Waals surface area contributed by atoms with Gasteiger partial charge in [-0.1, -0.05) is 59.3 Å². The van der Waals surface area contributed by atoms with Crippen LogP contribution in [0.1, 0.15) is 23.7 Å². The molecule has 2 aromatic rings. The van der Waals surface area contributed by atoms with E-state index in [1.807, 2.05) is 36.4 Å². The van der Waals surface area contributed by atoms with Crippen LogP contribution in [0.3, 0.4) is 0 Å². The lowest BCUT2D eigenvalue weighted by Crippen LogP contribution is -1.92. The van der Waals surface area contributed by atoms with Gasteiger partial charge >= 0.3 is 0 Å². The van der Waals surface area contributed by atoms with Crippen molar-refractivity contribution in [1.29, 1.82) is 0 Å². The summed E-state index contributed by atoms with van der Waals surface area (Å²) < 4.78 is 5.29. The highest BCUT2D eigenvalue weighted by Crippen LogP contribution is 2.21. The van der Waals surface area contributed by atoms with E-state index in [9.17, 15) is 0 Å². The van der Waals surface area contributed by atoms with Crippen molar-refractivity contribution in [1.82, 2.24) is 10.1 Å². The van der Waals surface area contributed by atoms with Gasteiger partial charge in [-0.25, -0.2) is 0 Å². The molecular weight excluding hydrogens is 272 g/mol. The Morgan fingerprint density at radius 3 is 2.95 bits per heavy atom. The van der Waals surface area contributed by atoms with Gasteiger partial charge in [0, 0.05) is 10.6 Å².